The highest BCUT2D eigenvalue weighted by Crippen LogP contribution is 2.65. The van der Waals surface area contributed by atoms with E-state index in [1.807, 2.05) is 0 Å². The molecule has 0 saturated heterocycles. The van der Waals surface area contributed by atoms with Crippen LogP contribution in [0.25, 0.3) is 0 Å². The van der Waals surface area contributed by atoms with Crippen LogP contribution in [0.3, 0.4) is 0 Å². The Labute approximate surface area is 141 Å². The molecule has 0 aromatic carbocycles. The highest BCUT2D eigenvalue weighted by Gasteiger charge is 2.60. The van der Waals surface area contributed by atoms with Crippen LogP contribution in [-0.2, 0) is 4.43 Å². The molecular weight excluding hydrogens is 407 g/mol. The van der Waals surface area contributed by atoms with Crippen LogP contribution in [0.2, 0.25) is 18.1 Å². The van der Waals surface area contributed by atoms with Crippen molar-refractivity contribution in [1.29, 1.82) is 0 Å². The third-order valence-corrected chi connectivity index (χ3v) is 11.9. The van der Waals surface area contributed by atoms with E-state index in [1.54, 1.807) is 0 Å². The predicted octanol–water partition coefficient (Wildman–Crippen LogP) is 6.15. The van der Waals surface area contributed by atoms with Crippen LogP contribution in [0, 0.1) is 11.8 Å². The number of alkyl halides is 3. The zero-order chi connectivity index (χ0) is 14.9. The molecule has 0 amide bonds. The minimum absolute atomic E-state index is 0.142. The molecule has 2 unspecified atom stereocenters. The molecule has 1 nitrogen and oxygen atoms in total. The monoisotopic (exact) mass is 432 g/mol. The molecule has 114 valence electrons. The lowest BCUT2D eigenvalue weighted by atomic mass is 10.2. The Morgan fingerprint density at radius 1 is 1.16 bits per heavy atom. The summed E-state index contributed by atoms with van der Waals surface area (Å²) in [5.41, 5.74) is 0. The Kier molecular flexibility index (Phi) is 6.49. The minimum atomic E-state index is -1.59. The molecule has 0 N–H and O–H groups in total. The molecule has 0 aromatic heterocycles. The van der Waals surface area contributed by atoms with Crippen LogP contribution >= 0.6 is 43.5 Å². The van der Waals surface area contributed by atoms with Crippen molar-refractivity contribution in [1.82, 2.24) is 0 Å². The molecule has 0 bridgehead atoms. The largest absolute Gasteiger partial charge is 0.417 e. The third-order valence-electron chi connectivity index (χ3n) is 4.71. The molecule has 0 spiro atoms. The van der Waals surface area contributed by atoms with Crippen LogP contribution in [0.4, 0.5) is 0 Å². The second-order valence-electron chi connectivity index (χ2n) is 7.12. The summed E-state index contributed by atoms with van der Waals surface area (Å²) >= 11 is 13.4. The highest BCUT2D eigenvalue weighted by atomic mass is 79.9. The van der Waals surface area contributed by atoms with E-state index < -0.39 is 8.32 Å². The van der Waals surface area contributed by atoms with Gasteiger partial charge in [-0.2, -0.15) is 0 Å². The number of halogens is 3. The molecule has 2 atom stereocenters. The van der Waals surface area contributed by atoms with Crippen molar-refractivity contribution in [2.75, 3.05) is 12.5 Å². The van der Waals surface area contributed by atoms with Gasteiger partial charge in [0.05, 0.1) is 3.23 Å². The van der Waals surface area contributed by atoms with E-state index in [0.29, 0.717) is 16.9 Å². The minimum Gasteiger partial charge on any atom is -0.417 e. The van der Waals surface area contributed by atoms with Gasteiger partial charge < -0.3 is 4.43 Å². The van der Waals surface area contributed by atoms with Crippen LogP contribution in [0.5, 0.6) is 0 Å². The maximum Gasteiger partial charge on any atom is 0.191 e. The molecule has 19 heavy (non-hydrogen) atoms. The maximum atomic E-state index is 6.26. The molecular formula is C14H27Br2ClOSi. The van der Waals surface area contributed by atoms with Gasteiger partial charge in [-0.05, 0) is 49.2 Å². The van der Waals surface area contributed by atoms with E-state index in [0.717, 1.165) is 25.3 Å². The van der Waals surface area contributed by atoms with Crippen molar-refractivity contribution in [2.45, 2.75) is 61.4 Å². The average Bonchev–Trinajstić information content (AvgIpc) is 2.75. The molecule has 1 saturated carbocycles. The Hall–Kier alpha value is 1.43. The third kappa shape index (κ3) is 4.70. The summed E-state index contributed by atoms with van der Waals surface area (Å²) in [7, 11) is -1.59. The first kappa shape index (κ1) is 18.5. The van der Waals surface area contributed by atoms with Gasteiger partial charge in [0.25, 0.3) is 0 Å². The SMILES string of the molecule is CC(C)(C)[Si](C)(C)OCCC1C(CCCCl)C1(Br)Br. The second kappa shape index (κ2) is 6.68. The van der Waals surface area contributed by atoms with Gasteiger partial charge in [-0.3, -0.25) is 0 Å². The summed E-state index contributed by atoms with van der Waals surface area (Å²) in [5.74, 6) is 2.15. The van der Waals surface area contributed by atoms with Crippen LogP contribution in [0.15, 0.2) is 0 Å². The number of hydrogen-bond donors (Lipinski definition) is 0. The number of hydrogen-bond acceptors (Lipinski definition) is 1. The molecule has 5 heteroatoms. The molecule has 1 aliphatic rings. The van der Waals surface area contributed by atoms with E-state index in [-0.39, 0.29) is 3.23 Å². The zero-order valence-electron chi connectivity index (χ0n) is 12.7. The fraction of sp³-hybridized carbons (Fsp3) is 1.00. The zero-order valence-corrected chi connectivity index (χ0v) is 17.7. The Balaban J connectivity index is 2.35. The van der Waals surface area contributed by atoms with Gasteiger partial charge in [-0.1, -0.05) is 52.6 Å². The van der Waals surface area contributed by atoms with Crippen LogP contribution < -0.4 is 0 Å². The Morgan fingerprint density at radius 2 is 1.68 bits per heavy atom. The molecule has 0 aliphatic heterocycles. The molecule has 0 heterocycles. The summed E-state index contributed by atoms with van der Waals surface area (Å²) in [6.45, 7) is 12.4. The van der Waals surface area contributed by atoms with E-state index in [9.17, 15) is 0 Å². The molecule has 1 aliphatic carbocycles. The van der Waals surface area contributed by atoms with Crippen molar-refractivity contribution in [3.05, 3.63) is 0 Å². The van der Waals surface area contributed by atoms with Crippen LogP contribution in [-0.4, -0.2) is 24.0 Å². The van der Waals surface area contributed by atoms with Crippen LogP contribution in [0.1, 0.15) is 40.0 Å². The lowest BCUT2D eigenvalue weighted by Crippen LogP contribution is -2.41. The fourth-order valence-electron chi connectivity index (χ4n) is 2.20. The maximum absolute atomic E-state index is 6.26. The standard InChI is InChI=1S/C14H27Br2ClOSi/c1-13(2,3)19(4,5)18-10-8-12-11(7-6-9-17)14(12,15)16/h11-12H,6-10H2,1-5H3. The summed E-state index contributed by atoms with van der Waals surface area (Å²) in [4.78, 5) is 0. The highest BCUT2D eigenvalue weighted by molar-refractivity contribution is 9.25. The Bertz CT molecular complexity index is 302. The molecule has 0 radical (unpaired) electrons. The van der Waals surface area contributed by atoms with Crippen molar-refractivity contribution in [3.8, 4) is 0 Å². The van der Waals surface area contributed by atoms with Gasteiger partial charge in [0.15, 0.2) is 8.32 Å². The van der Waals surface area contributed by atoms with Crippen molar-refractivity contribution >= 4 is 51.8 Å². The fourth-order valence-corrected chi connectivity index (χ4v) is 5.35. The van der Waals surface area contributed by atoms with E-state index in [2.05, 4.69) is 65.7 Å². The van der Waals surface area contributed by atoms with Crippen molar-refractivity contribution in [2.24, 2.45) is 11.8 Å². The van der Waals surface area contributed by atoms with E-state index >= 15 is 0 Å². The second-order valence-corrected chi connectivity index (χ2v) is 16.0. The van der Waals surface area contributed by atoms with E-state index in [1.165, 1.54) is 6.42 Å². The predicted molar refractivity (Wildman–Crippen MR) is 95.3 cm³/mol. The summed E-state index contributed by atoms with van der Waals surface area (Å²) in [6.07, 6.45) is 3.44. The smallest absolute Gasteiger partial charge is 0.191 e. The molecule has 1 rings (SSSR count). The lowest BCUT2D eigenvalue weighted by molar-refractivity contribution is 0.272. The quantitative estimate of drug-likeness (QED) is 0.345. The van der Waals surface area contributed by atoms with Gasteiger partial charge in [0, 0.05) is 12.5 Å². The normalized spacial score (nSPS) is 26.5. The molecule has 0 aromatic rings. The first-order chi connectivity index (χ1) is 8.54. The van der Waals surface area contributed by atoms with Gasteiger partial charge in [-0.15, -0.1) is 11.6 Å². The summed E-state index contributed by atoms with van der Waals surface area (Å²) in [6, 6.07) is 0. The average molecular weight is 435 g/mol. The van der Waals surface area contributed by atoms with Gasteiger partial charge in [-0.25, -0.2) is 0 Å². The summed E-state index contributed by atoms with van der Waals surface area (Å²) in [5, 5.41) is 0.300. The van der Waals surface area contributed by atoms with E-state index in [4.69, 9.17) is 16.0 Å². The number of rotatable bonds is 7. The first-order valence-electron chi connectivity index (χ1n) is 7.12. The topological polar surface area (TPSA) is 9.23 Å². The van der Waals surface area contributed by atoms with Crippen molar-refractivity contribution < 1.29 is 4.43 Å². The first-order valence-corrected chi connectivity index (χ1v) is 12.1. The summed E-state index contributed by atoms with van der Waals surface area (Å²) < 4.78 is 6.40. The molecule has 1 fully saturated rings. The van der Waals surface area contributed by atoms with Crippen molar-refractivity contribution in [3.63, 3.8) is 0 Å². The van der Waals surface area contributed by atoms with Gasteiger partial charge in [0.2, 0.25) is 0 Å². The lowest BCUT2D eigenvalue weighted by Gasteiger charge is -2.36. The Morgan fingerprint density at radius 3 is 2.16 bits per heavy atom. The van der Waals surface area contributed by atoms with Gasteiger partial charge >= 0.3 is 0 Å². The van der Waals surface area contributed by atoms with Gasteiger partial charge in [0.1, 0.15) is 0 Å².